The maximum atomic E-state index is 12.9. The minimum atomic E-state index is -0.223. The van der Waals surface area contributed by atoms with Crippen molar-refractivity contribution in [2.75, 3.05) is 13.1 Å². The molecule has 1 N–H and O–H groups in total. The topological polar surface area (TPSA) is 88.8 Å². The third-order valence-corrected chi connectivity index (χ3v) is 5.14. The Morgan fingerprint density at radius 1 is 1.22 bits per heavy atom. The highest BCUT2D eigenvalue weighted by molar-refractivity contribution is 5.97. The quantitative estimate of drug-likeness (QED) is 0.714. The molecule has 1 atom stereocenters. The molecule has 3 aromatic rings. The van der Waals surface area contributed by atoms with Gasteiger partial charge in [0.25, 0.3) is 5.91 Å². The van der Waals surface area contributed by atoms with E-state index in [2.05, 4.69) is 15.2 Å². The summed E-state index contributed by atoms with van der Waals surface area (Å²) in [5, 5.41) is 7.11. The molecule has 0 unspecified atom stereocenters. The number of nitrogens with one attached hydrogen (secondary N) is 1. The van der Waals surface area contributed by atoms with Crippen LogP contribution in [0, 0.1) is 5.92 Å². The van der Waals surface area contributed by atoms with Crippen molar-refractivity contribution in [1.29, 1.82) is 0 Å². The van der Waals surface area contributed by atoms with Crippen LogP contribution < -0.4 is 0 Å². The lowest BCUT2D eigenvalue weighted by Crippen LogP contribution is -2.42. The first-order chi connectivity index (χ1) is 13.0. The molecule has 1 saturated heterocycles. The number of aryl methyl sites for hydroxylation is 2. The second-order valence-electron chi connectivity index (χ2n) is 6.99. The Labute approximate surface area is 156 Å². The number of piperidine rings is 1. The Balaban J connectivity index is 1.49. The fraction of sp³-hybridized carbons (Fsp3) is 0.368. The molecule has 0 radical (unpaired) electrons. The van der Waals surface area contributed by atoms with Gasteiger partial charge in [-0.25, -0.2) is 4.98 Å². The summed E-state index contributed by atoms with van der Waals surface area (Å²) in [5.74, 6) is 0.0929. The van der Waals surface area contributed by atoms with E-state index in [0.717, 1.165) is 24.2 Å². The molecule has 0 aliphatic carbocycles. The number of carbonyl (C=O) groups is 2. The van der Waals surface area contributed by atoms with Gasteiger partial charge in [-0.05, 0) is 31.0 Å². The number of aromatic nitrogens is 5. The van der Waals surface area contributed by atoms with E-state index in [4.69, 9.17) is 0 Å². The van der Waals surface area contributed by atoms with Crippen LogP contribution in [0.3, 0.4) is 0 Å². The van der Waals surface area contributed by atoms with Gasteiger partial charge < -0.3 is 14.0 Å². The molecule has 0 bridgehead atoms. The van der Waals surface area contributed by atoms with E-state index in [9.17, 15) is 9.59 Å². The zero-order valence-electron chi connectivity index (χ0n) is 15.4. The van der Waals surface area contributed by atoms with Gasteiger partial charge >= 0.3 is 0 Å². The molecule has 3 aromatic heterocycles. The normalized spacial score (nSPS) is 17.3. The molecular formula is C19H22N6O2. The summed E-state index contributed by atoms with van der Waals surface area (Å²) < 4.78 is 3.68. The van der Waals surface area contributed by atoms with Crippen LogP contribution in [0.25, 0.3) is 11.4 Å². The van der Waals surface area contributed by atoms with Crippen molar-refractivity contribution in [2.45, 2.75) is 12.8 Å². The molecule has 4 rings (SSSR count). The highest BCUT2D eigenvalue weighted by Gasteiger charge is 2.31. The molecule has 1 amide bonds. The monoisotopic (exact) mass is 366 g/mol. The first-order valence-electron chi connectivity index (χ1n) is 9.02. The molecule has 27 heavy (non-hydrogen) atoms. The number of aromatic amines is 1. The van der Waals surface area contributed by atoms with E-state index < -0.39 is 0 Å². The predicted octanol–water partition coefficient (Wildman–Crippen LogP) is 1.88. The molecular weight excluding hydrogens is 344 g/mol. The Morgan fingerprint density at radius 2 is 2.07 bits per heavy atom. The largest absolute Gasteiger partial charge is 0.349 e. The summed E-state index contributed by atoms with van der Waals surface area (Å²) in [6.07, 6.45) is 6.88. The molecule has 1 aliphatic rings. The van der Waals surface area contributed by atoms with Crippen LogP contribution in [-0.2, 0) is 14.1 Å². The number of likely N-dealkylation sites (tertiary alicyclic amines) is 1. The number of hydrogen-bond acceptors (Lipinski definition) is 4. The summed E-state index contributed by atoms with van der Waals surface area (Å²) in [7, 11) is 3.74. The van der Waals surface area contributed by atoms with Crippen molar-refractivity contribution in [1.82, 2.24) is 29.2 Å². The van der Waals surface area contributed by atoms with Crippen molar-refractivity contribution in [3.05, 3.63) is 48.3 Å². The number of nitrogens with zero attached hydrogens (tertiary/aromatic N) is 5. The van der Waals surface area contributed by atoms with Gasteiger partial charge in [0, 0.05) is 51.7 Å². The number of rotatable bonds is 4. The Hall–Kier alpha value is -3.16. The molecule has 1 aliphatic heterocycles. The Kier molecular flexibility index (Phi) is 4.39. The highest BCUT2D eigenvalue weighted by atomic mass is 16.2. The van der Waals surface area contributed by atoms with Crippen LogP contribution in [0.1, 0.15) is 33.9 Å². The Morgan fingerprint density at radius 3 is 2.78 bits per heavy atom. The van der Waals surface area contributed by atoms with Crippen LogP contribution in [0.15, 0.2) is 36.8 Å². The van der Waals surface area contributed by atoms with Crippen molar-refractivity contribution >= 4 is 11.7 Å². The van der Waals surface area contributed by atoms with Gasteiger partial charge in [-0.3, -0.25) is 14.7 Å². The number of Topliss-reactive ketones (excluding diaryl/α,β-unsaturated/α-hetero) is 1. The molecule has 0 saturated carbocycles. The number of carbonyl (C=O) groups excluding carboxylic acids is 2. The summed E-state index contributed by atoms with van der Waals surface area (Å²) in [4.78, 5) is 31.5. The van der Waals surface area contributed by atoms with E-state index in [1.165, 1.54) is 0 Å². The molecule has 8 heteroatoms. The lowest BCUT2D eigenvalue weighted by Gasteiger charge is -2.31. The fourth-order valence-corrected chi connectivity index (χ4v) is 3.62. The van der Waals surface area contributed by atoms with E-state index in [-0.39, 0.29) is 17.6 Å². The average Bonchev–Trinajstić information content (AvgIpc) is 3.41. The summed E-state index contributed by atoms with van der Waals surface area (Å²) in [6.45, 7) is 1.05. The SMILES string of the molecule is Cn1cccc1-c1cc(C(=O)N2CCC[C@@H](C(=O)c3nccn3C)C2)[nH]n1. The molecule has 8 nitrogen and oxygen atoms in total. The number of hydrogen-bond donors (Lipinski definition) is 1. The number of ketones is 1. The van der Waals surface area contributed by atoms with Gasteiger partial charge in [-0.2, -0.15) is 5.10 Å². The number of H-pyrrole nitrogens is 1. The lowest BCUT2D eigenvalue weighted by atomic mass is 9.93. The van der Waals surface area contributed by atoms with E-state index in [0.29, 0.717) is 24.6 Å². The van der Waals surface area contributed by atoms with Crippen molar-refractivity contribution in [3.63, 3.8) is 0 Å². The molecule has 1 fully saturated rings. The summed E-state index contributed by atoms with van der Waals surface area (Å²) in [5.41, 5.74) is 2.10. The van der Waals surface area contributed by atoms with Crippen LogP contribution in [0.4, 0.5) is 0 Å². The first kappa shape index (κ1) is 17.3. The standard InChI is InChI=1S/C19H22N6O2/c1-23-8-4-6-16(23)14-11-15(22-21-14)19(27)25-9-3-5-13(12-25)17(26)18-20-7-10-24(18)2/h4,6-8,10-11,13H,3,5,9,12H2,1-2H3,(H,21,22)/t13-/m1/s1. The smallest absolute Gasteiger partial charge is 0.271 e. The second kappa shape index (κ2) is 6.86. The third kappa shape index (κ3) is 3.18. The molecule has 0 aromatic carbocycles. The fourth-order valence-electron chi connectivity index (χ4n) is 3.62. The minimum absolute atomic E-state index is 0.00545. The predicted molar refractivity (Wildman–Crippen MR) is 99.2 cm³/mol. The van der Waals surface area contributed by atoms with Crippen molar-refractivity contribution in [2.24, 2.45) is 20.0 Å². The average molecular weight is 366 g/mol. The van der Waals surface area contributed by atoms with Crippen LogP contribution >= 0.6 is 0 Å². The zero-order valence-corrected chi connectivity index (χ0v) is 15.4. The Bertz CT molecular complexity index is 982. The number of imidazole rings is 1. The minimum Gasteiger partial charge on any atom is -0.349 e. The van der Waals surface area contributed by atoms with Gasteiger partial charge in [0.2, 0.25) is 5.78 Å². The van der Waals surface area contributed by atoms with Gasteiger partial charge in [-0.15, -0.1) is 0 Å². The van der Waals surface area contributed by atoms with Gasteiger partial charge in [-0.1, -0.05) is 0 Å². The summed E-state index contributed by atoms with van der Waals surface area (Å²) in [6, 6.07) is 5.65. The number of amides is 1. The van der Waals surface area contributed by atoms with Gasteiger partial charge in [0.1, 0.15) is 11.4 Å². The molecule has 140 valence electrons. The van der Waals surface area contributed by atoms with Gasteiger partial charge in [0.15, 0.2) is 5.82 Å². The van der Waals surface area contributed by atoms with Crippen molar-refractivity contribution < 1.29 is 9.59 Å². The lowest BCUT2D eigenvalue weighted by molar-refractivity contribution is 0.0628. The summed E-state index contributed by atoms with van der Waals surface area (Å²) >= 11 is 0. The first-order valence-corrected chi connectivity index (χ1v) is 9.02. The molecule has 4 heterocycles. The molecule has 0 spiro atoms. The third-order valence-electron chi connectivity index (χ3n) is 5.14. The van der Waals surface area contributed by atoms with Gasteiger partial charge in [0.05, 0.1) is 5.69 Å². The van der Waals surface area contributed by atoms with E-state index in [1.807, 2.05) is 37.0 Å². The maximum absolute atomic E-state index is 12.9. The second-order valence-corrected chi connectivity index (χ2v) is 6.99. The zero-order chi connectivity index (χ0) is 19.0. The highest BCUT2D eigenvalue weighted by Crippen LogP contribution is 2.23. The maximum Gasteiger partial charge on any atom is 0.271 e. The van der Waals surface area contributed by atoms with Crippen LogP contribution in [0.5, 0.6) is 0 Å². The van der Waals surface area contributed by atoms with Crippen LogP contribution in [0.2, 0.25) is 0 Å². The van der Waals surface area contributed by atoms with E-state index >= 15 is 0 Å². The van der Waals surface area contributed by atoms with Crippen molar-refractivity contribution in [3.8, 4) is 11.4 Å². The van der Waals surface area contributed by atoms with E-state index in [1.54, 1.807) is 27.9 Å². The van der Waals surface area contributed by atoms with Crippen LogP contribution in [-0.4, -0.2) is 54.0 Å².